The molecule has 2 rings (SSSR count). The zero-order chi connectivity index (χ0) is 9.31. The van der Waals surface area contributed by atoms with E-state index in [1.54, 1.807) is 13.2 Å². The molecule has 0 amide bonds. The van der Waals surface area contributed by atoms with Gasteiger partial charge in [-0.25, -0.2) is 0 Å². The Morgan fingerprint density at radius 1 is 1.47 bits per heavy atom. The van der Waals surface area contributed by atoms with E-state index in [1.165, 1.54) is 0 Å². The first kappa shape index (κ1) is 14.6. The van der Waals surface area contributed by atoms with Crippen LogP contribution < -0.4 is 0 Å². The summed E-state index contributed by atoms with van der Waals surface area (Å²) in [5.41, 5.74) is 1.08. The number of hydrogen-bond acceptors (Lipinski definition) is 2. The zero-order valence-corrected chi connectivity index (χ0v) is 10.3. The number of aromatic nitrogens is 1. The number of pyridine rings is 1. The monoisotopic (exact) mass is 250 g/mol. The van der Waals surface area contributed by atoms with Crippen molar-refractivity contribution in [2.24, 2.45) is 0 Å². The van der Waals surface area contributed by atoms with Gasteiger partial charge < -0.3 is 9.85 Å². The van der Waals surface area contributed by atoms with Gasteiger partial charge in [-0.1, -0.05) is 6.07 Å². The van der Waals surface area contributed by atoms with E-state index >= 15 is 0 Å². The minimum Gasteiger partial charge on any atom is -0.633 e. The third kappa shape index (κ3) is 3.05. The van der Waals surface area contributed by atoms with E-state index < -0.39 is 0 Å². The predicted molar refractivity (Wildman–Crippen MR) is 65.1 cm³/mol. The zero-order valence-electron chi connectivity index (χ0n) is 8.63. The second-order valence-electron chi connectivity index (χ2n) is 3.84. The van der Waals surface area contributed by atoms with Crippen LogP contribution in [-0.2, 0) is 0 Å². The number of hydrogen-bond donors (Lipinski definition) is 0. The van der Waals surface area contributed by atoms with Crippen molar-refractivity contribution < 1.29 is 4.65 Å². The van der Waals surface area contributed by atoms with Crippen molar-refractivity contribution in [3.8, 4) is 0 Å². The second-order valence-corrected chi connectivity index (χ2v) is 3.84. The number of quaternary nitrogens is 1. The highest BCUT2D eigenvalue weighted by molar-refractivity contribution is 5.85. The number of nitrogens with zero attached hydrogens (tertiary/aromatic N) is 2. The third-order valence-corrected chi connectivity index (χ3v) is 2.81. The number of hydroxylamine groups is 3. The highest BCUT2D eigenvalue weighted by Gasteiger charge is 2.32. The Hall–Kier alpha value is -0.350. The first-order valence-corrected chi connectivity index (χ1v) is 4.66. The van der Waals surface area contributed by atoms with E-state index in [9.17, 15) is 5.21 Å². The van der Waals surface area contributed by atoms with Crippen LogP contribution >= 0.6 is 24.8 Å². The Kier molecular flexibility index (Phi) is 5.53. The van der Waals surface area contributed by atoms with E-state index in [-0.39, 0.29) is 35.5 Å². The number of rotatable bonds is 1. The lowest BCUT2D eigenvalue weighted by Gasteiger charge is -2.40. The standard InChI is InChI=1S/C10H14N2O.2ClH/c1-12(13)7-3-5-10(12)9-4-2-6-11-8-9;;/h2,4,6,8,10H,3,5,7H2,1H3;2*1H. The van der Waals surface area contributed by atoms with Gasteiger partial charge in [-0.05, 0) is 6.07 Å². The predicted octanol–water partition coefficient (Wildman–Crippen LogP) is 2.70. The van der Waals surface area contributed by atoms with Crippen LogP contribution in [0, 0.1) is 5.21 Å². The number of likely N-dealkylation sites (tertiary alicyclic amines) is 1. The molecule has 3 nitrogen and oxygen atoms in total. The molecule has 0 N–H and O–H groups in total. The molecule has 2 atom stereocenters. The molecule has 0 spiro atoms. The van der Waals surface area contributed by atoms with Gasteiger partial charge >= 0.3 is 0 Å². The van der Waals surface area contributed by atoms with Gasteiger partial charge in [-0.3, -0.25) is 4.98 Å². The number of halogens is 2. The van der Waals surface area contributed by atoms with Crippen LogP contribution in [0.25, 0.3) is 0 Å². The van der Waals surface area contributed by atoms with E-state index in [2.05, 4.69) is 4.98 Å². The van der Waals surface area contributed by atoms with Gasteiger partial charge in [0, 0.05) is 30.8 Å². The lowest BCUT2D eigenvalue weighted by atomic mass is 10.1. The molecule has 1 aliphatic heterocycles. The molecule has 1 saturated heterocycles. The van der Waals surface area contributed by atoms with Crippen LogP contribution in [0.1, 0.15) is 24.4 Å². The fraction of sp³-hybridized carbons (Fsp3) is 0.500. The van der Waals surface area contributed by atoms with Crippen molar-refractivity contribution >= 4 is 24.8 Å². The van der Waals surface area contributed by atoms with E-state index in [0.717, 1.165) is 24.9 Å². The average molecular weight is 251 g/mol. The van der Waals surface area contributed by atoms with Crippen molar-refractivity contribution in [3.05, 3.63) is 35.3 Å². The minimum absolute atomic E-state index is 0. The highest BCUT2D eigenvalue weighted by atomic mass is 35.5. The summed E-state index contributed by atoms with van der Waals surface area (Å²) in [6.07, 6.45) is 5.57. The molecule has 0 aliphatic carbocycles. The first-order valence-electron chi connectivity index (χ1n) is 4.66. The lowest BCUT2D eigenvalue weighted by molar-refractivity contribution is -0.878. The molecular weight excluding hydrogens is 235 g/mol. The minimum atomic E-state index is -0.133. The van der Waals surface area contributed by atoms with E-state index in [4.69, 9.17) is 0 Å². The summed E-state index contributed by atoms with van der Waals surface area (Å²) < 4.78 is -0.133. The van der Waals surface area contributed by atoms with Crippen LogP contribution in [0.4, 0.5) is 0 Å². The summed E-state index contributed by atoms with van der Waals surface area (Å²) in [4.78, 5) is 4.05. The normalized spacial score (nSPS) is 29.1. The Morgan fingerprint density at radius 2 is 2.20 bits per heavy atom. The Labute approximate surface area is 102 Å². The largest absolute Gasteiger partial charge is 0.633 e. The molecule has 5 heteroatoms. The second kappa shape index (κ2) is 5.66. The molecule has 0 bridgehead atoms. The quantitative estimate of drug-likeness (QED) is 0.568. The molecule has 1 aromatic rings. The Balaban J connectivity index is 0.000000980. The summed E-state index contributed by atoms with van der Waals surface area (Å²) in [5, 5.41) is 11.9. The van der Waals surface area contributed by atoms with Crippen molar-refractivity contribution in [2.45, 2.75) is 18.9 Å². The van der Waals surface area contributed by atoms with Gasteiger partial charge in [0.2, 0.25) is 0 Å². The molecule has 1 aliphatic rings. The van der Waals surface area contributed by atoms with E-state index in [0.29, 0.717) is 0 Å². The third-order valence-electron chi connectivity index (χ3n) is 2.81. The summed E-state index contributed by atoms with van der Waals surface area (Å²) >= 11 is 0. The van der Waals surface area contributed by atoms with E-state index in [1.807, 2.05) is 18.3 Å². The summed E-state index contributed by atoms with van der Waals surface area (Å²) in [6, 6.07) is 4.00. The maximum absolute atomic E-state index is 11.9. The van der Waals surface area contributed by atoms with Gasteiger partial charge in [-0.2, -0.15) is 0 Å². The molecular formula is C10H16Cl2N2O. The van der Waals surface area contributed by atoms with Crippen LogP contribution in [0.2, 0.25) is 0 Å². The Morgan fingerprint density at radius 3 is 2.67 bits per heavy atom. The molecule has 2 heterocycles. The molecule has 0 aromatic carbocycles. The molecule has 0 saturated carbocycles. The van der Waals surface area contributed by atoms with Crippen molar-refractivity contribution in [3.63, 3.8) is 0 Å². The van der Waals surface area contributed by atoms with Gasteiger partial charge in [0.05, 0.1) is 13.6 Å². The molecule has 1 aromatic heterocycles. The van der Waals surface area contributed by atoms with Crippen molar-refractivity contribution in [1.82, 2.24) is 4.98 Å². The van der Waals surface area contributed by atoms with Gasteiger partial charge in [0.25, 0.3) is 0 Å². The lowest BCUT2D eigenvalue weighted by Crippen LogP contribution is -2.36. The van der Waals surface area contributed by atoms with Gasteiger partial charge in [0.1, 0.15) is 6.04 Å². The van der Waals surface area contributed by atoms with Gasteiger partial charge in [0.15, 0.2) is 0 Å². The summed E-state index contributed by atoms with van der Waals surface area (Å²) in [5.74, 6) is 0. The first-order chi connectivity index (χ1) is 6.20. The van der Waals surface area contributed by atoms with Crippen LogP contribution in [0.15, 0.2) is 24.5 Å². The molecule has 1 fully saturated rings. The fourth-order valence-electron chi connectivity index (χ4n) is 2.08. The smallest absolute Gasteiger partial charge is 0.116 e. The van der Waals surface area contributed by atoms with Crippen LogP contribution in [0.5, 0.6) is 0 Å². The van der Waals surface area contributed by atoms with Crippen molar-refractivity contribution in [1.29, 1.82) is 0 Å². The maximum Gasteiger partial charge on any atom is 0.116 e. The van der Waals surface area contributed by atoms with Crippen molar-refractivity contribution in [2.75, 3.05) is 13.6 Å². The molecule has 0 radical (unpaired) electrons. The average Bonchev–Trinajstić information content (AvgIpc) is 2.47. The van der Waals surface area contributed by atoms with Gasteiger partial charge in [-0.15, -0.1) is 24.8 Å². The fourth-order valence-corrected chi connectivity index (χ4v) is 2.08. The maximum atomic E-state index is 11.9. The molecule has 86 valence electrons. The van der Waals surface area contributed by atoms with Crippen LogP contribution in [0.3, 0.4) is 0 Å². The summed E-state index contributed by atoms with van der Waals surface area (Å²) in [7, 11) is 1.75. The highest BCUT2D eigenvalue weighted by Crippen LogP contribution is 2.35. The molecule has 2 unspecified atom stereocenters. The SMILES string of the molecule is C[N+]1([O-])CCCC1c1cccnc1.Cl.Cl. The topological polar surface area (TPSA) is 36.0 Å². The summed E-state index contributed by atoms with van der Waals surface area (Å²) in [6.45, 7) is 0.736. The van der Waals surface area contributed by atoms with Crippen LogP contribution in [-0.4, -0.2) is 23.2 Å². The Bertz CT molecular complexity index is 293. The molecule has 15 heavy (non-hydrogen) atoms.